The number of aryl methyl sites for hydroxylation is 2. The molecule has 3 aromatic rings. The van der Waals surface area contributed by atoms with Gasteiger partial charge in [0.1, 0.15) is 11.4 Å². The van der Waals surface area contributed by atoms with E-state index in [0.717, 1.165) is 16.9 Å². The highest BCUT2D eigenvalue weighted by atomic mass is 35.5. The molecule has 0 fully saturated rings. The third kappa shape index (κ3) is 4.12. The number of carbonyl (C=O) groups excluding carboxylic acids is 2. The van der Waals surface area contributed by atoms with Crippen LogP contribution >= 0.6 is 11.6 Å². The van der Waals surface area contributed by atoms with Crippen LogP contribution in [0.15, 0.2) is 72.4 Å². The van der Waals surface area contributed by atoms with E-state index in [0.29, 0.717) is 34.1 Å². The predicted octanol–water partition coefficient (Wildman–Crippen LogP) is 5.75. The van der Waals surface area contributed by atoms with Gasteiger partial charge in [0, 0.05) is 10.7 Å². The SMILES string of the molecule is CCOc1ccc(NC2=C(c3ccc(C)c(C)c3)C(=O)N(c3ccc(Cl)cc3)C2=O)cc1. The van der Waals surface area contributed by atoms with E-state index < -0.39 is 5.91 Å². The number of anilines is 2. The van der Waals surface area contributed by atoms with Crippen molar-refractivity contribution in [3.63, 3.8) is 0 Å². The van der Waals surface area contributed by atoms with Crippen LogP contribution in [0.2, 0.25) is 5.02 Å². The molecule has 3 aromatic carbocycles. The van der Waals surface area contributed by atoms with Crippen molar-refractivity contribution in [1.82, 2.24) is 0 Å². The minimum atomic E-state index is -0.417. The number of halogens is 1. The van der Waals surface area contributed by atoms with E-state index in [1.807, 2.05) is 63.2 Å². The molecular formula is C26H23ClN2O3. The Labute approximate surface area is 192 Å². The summed E-state index contributed by atoms with van der Waals surface area (Å²) in [6.07, 6.45) is 0. The lowest BCUT2D eigenvalue weighted by molar-refractivity contribution is -0.120. The number of imide groups is 1. The normalized spacial score (nSPS) is 13.7. The number of rotatable bonds is 6. The Morgan fingerprint density at radius 1 is 0.875 bits per heavy atom. The smallest absolute Gasteiger partial charge is 0.282 e. The van der Waals surface area contributed by atoms with Gasteiger partial charge in [-0.3, -0.25) is 9.59 Å². The molecule has 0 radical (unpaired) electrons. The van der Waals surface area contributed by atoms with Crippen molar-refractivity contribution in [2.24, 2.45) is 0 Å². The second-order valence-corrected chi connectivity index (χ2v) is 7.99. The molecule has 162 valence electrons. The third-order valence-electron chi connectivity index (χ3n) is 5.40. The highest BCUT2D eigenvalue weighted by molar-refractivity contribution is 6.46. The summed E-state index contributed by atoms with van der Waals surface area (Å²) in [4.78, 5) is 28.1. The van der Waals surface area contributed by atoms with Gasteiger partial charge in [-0.05, 0) is 86.0 Å². The van der Waals surface area contributed by atoms with E-state index in [1.165, 1.54) is 4.90 Å². The molecule has 6 heteroatoms. The van der Waals surface area contributed by atoms with E-state index in [9.17, 15) is 9.59 Å². The van der Waals surface area contributed by atoms with Crippen molar-refractivity contribution in [1.29, 1.82) is 0 Å². The standard InChI is InChI=1S/C26H23ClN2O3/c1-4-32-22-13-9-20(10-14-22)28-24-23(18-6-5-16(2)17(3)15-18)25(30)29(26(24)31)21-11-7-19(27)8-12-21/h5-15,28H,4H2,1-3H3. The maximum atomic E-state index is 13.5. The lowest BCUT2D eigenvalue weighted by Gasteiger charge is -2.15. The molecule has 0 unspecified atom stereocenters. The van der Waals surface area contributed by atoms with Crippen LogP contribution in [0.25, 0.3) is 5.57 Å². The fraction of sp³-hybridized carbons (Fsp3) is 0.154. The minimum absolute atomic E-state index is 0.234. The van der Waals surface area contributed by atoms with Crippen LogP contribution in [0.1, 0.15) is 23.6 Å². The van der Waals surface area contributed by atoms with E-state index in [2.05, 4.69) is 5.32 Å². The molecule has 1 N–H and O–H groups in total. The average molecular weight is 447 g/mol. The van der Waals surface area contributed by atoms with Crippen LogP contribution in [-0.2, 0) is 9.59 Å². The lowest BCUT2D eigenvalue weighted by atomic mass is 9.99. The van der Waals surface area contributed by atoms with Gasteiger partial charge in [0.15, 0.2) is 0 Å². The number of hydrogen-bond acceptors (Lipinski definition) is 4. The first-order chi connectivity index (χ1) is 15.4. The molecule has 4 rings (SSSR count). The van der Waals surface area contributed by atoms with Crippen molar-refractivity contribution in [2.75, 3.05) is 16.8 Å². The van der Waals surface area contributed by atoms with Gasteiger partial charge in [0.2, 0.25) is 0 Å². The Bertz CT molecular complexity index is 1210. The third-order valence-corrected chi connectivity index (χ3v) is 5.65. The van der Waals surface area contributed by atoms with Crippen LogP contribution < -0.4 is 15.0 Å². The Hall–Kier alpha value is -3.57. The summed E-state index contributed by atoms with van der Waals surface area (Å²) in [7, 11) is 0. The maximum Gasteiger partial charge on any atom is 0.282 e. The van der Waals surface area contributed by atoms with E-state index >= 15 is 0 Å². The molecule has 0 saturated carbocycles. The summed E-state index contributed by atoms with van der Waals surface area (Å²) in [5.41, 5.74) is 4.57. The predicted molar refractivity (Wildman–Crippen MR) is 128 cm³/mol. The zero-order valence-corrected chi connectivity index (χ0v) is 18.9. The summed E-state index contributed by atoms with van der Waals surface area (Å²) in [5.74, 6) is -0.0634. The first-order valence-electron chi connectivity index (χ1n) is 10.3. The highest BCUT2D eigenvalue weighted by Crippen LogP contribution is 2.35. The van der Waals surface area contributed by atoms with Gasteiger partial charge in [-0.2, -0.15) is 0 Å². The largest absolute Gasteiger partial charge is 0.494 e. The van der Waals surface area contributed by atoms with Crippen LogP contribution in [0.5, 0.6) is 5.75 Å². The van der Waals surface area contributed by atoms with Gasteiger partial charge >= 0.3 is 0 Å². The van der Waals surface area contributed by atoms with Crippen molar-refractivity contribution in [3.8, 4) is 5.75 Å². The van der Waals surface area contributed by atoms with Crippen molar-refractivity contribution >= 4 is 40.4 Å². The zero-order valence-electron chi connectivity index (χ0n) is 18.1. The van der Waals surface area contributed by atoms with Gasteiger partial charge in [0.25, 0.3) is 11.8 Å². The molecule has 5 nitrogen and oxygen atoms in total. The number of hydrogen-bond donors (Lipinski definition) is 1. The number of amides is 2. The summed E-state index contributed by atoms with van der Waals surface area (Å²) in [6, 6.07) is 19.7. The first-order valence-corrected chi connectivity index (χ1v) is 10.7. The molecule has 1 aliphatic heterocycles. The van der Waals surface area contributed by atoms with Gasteiger partial charge < -0.3 is 10.1 Å². The van der Waals surface area contributed by atoms with Crippen molar-refractivity contribution < 1.29 is 14.3 Å². The van der Waals surface area contributed by atoms with E-state index in [-0.39, 0.29) is 11.6 Å². The van der Waals surface area contributed by atoms with Crippen molar-refractivity contribution in [2.45, 2.75) is 20.8 Å². The topological polar surface area (TPSA) is 58.6 Å². The molecule has 0 bridgehead atoms. The summed E-state index contributed by atoms with van der Waals surface area (Å²) >= 11 is 6.00. The maximum absolute atomic E-state index is 13.5. The summed E-state index contributed by atoms with van der Waals surface area (Å²) < 4.78 is 5.49. The highest BCUT2D eigenvalue weighted by Gasteiger charge is 2.40. The van der Waals surface area contributed by atoms with Gasteiger partial charge in [-0.25, -0.2) is 4.90 Å². The Balaban J connectivity index is 1.78. The Morgan fingerprint density at radius 3 is 2.19 bits per heavy atom. The van der Waals surface area contributed by atoms with Crippen molar-refractivity contribution in [3.05, 3.63) is 94.1 Å². The second kappa shape index (κ2) is 8.89. The summed E-state index contributed by atoms with van der Waals surface area (Å²) in [5, 5.41) is 3.70. The molecule has 0 spiro atoms. The molecule has 0 aliphatic carbocycles. The van der Waals surface area contributed by atoms with Gasteiger partial charge in [-0.15, -0.1) is 0 Å². The first kappa shape index (κ1) is 21.7. The summed E-state index contributed by atoms with van der Waals surface area (Å²) in [6.45, 7) is 6.48. The fourth-order valence-corrected chi connectivity index (χ4v) is 3.71. The van der Waals surface area contributed by atoms with Gasteiger partial charge in [0.05, 0.1) is 17.9 Å². The minimum Gasteiger partial charge on any atom is -0.494 e. The fourth-order valence-electron chi connectivity index (χ4n) is 3.58. The van der Waals surface area contributed by atoms with Crippen LogP contribution in [0.3, 0.4) is 0 Å². The molecule has 2 amide bonds. The molecular weight excluding hydrogens is 424 g/mol. The molecule has 0 saturated heterocycles. The molecule has 0 aromatic heterocycles. The van der Waals surface area contributed by atoms with Crippen LogP contribution in [0.4, 0.5) is 11.4 Å². The van der Waals surface area contributed by atoms with E-state index in [1.54, 1.807) is 24.3 Å². The molecule has 32 heavy (non-hydrogen) atoms. The number of nitrogens with zero attached hydrogens (tertiary/aromatic N) is 1. The van der Waals surface area contributed by atoms with E-state index in [4.69, 9.17) is 16.3 Å². The Morgan fingerprint density at radius 2 is 1.56 bits per heavy atom. The monoisotopic (exact) mass is 446 g/mol. The second-order valence-electron chi connectivity index (χ2n) is 7.55. The Kier molecular flexibility index (Phi) is 6.01. The van der Waals surface area contributed by atoms with Crippen LogP contribution in [0, 0.1) is 13.8 Å². The molecule has 1 aliphatic rings. The number of benzene rings is 3. The zero-order chi connectivity index (χ0) is 22.8. The van der Waals surface area contributed by atoms with Gasteiger partial charge in [-0.1, -0.05) is 29.8 Å². The quantitative estimate of drug-likeness (QED) is 0.489. The molecule has 1 heterocycles. The number of nitrogens with one attached hydrogen (secondary N) is 1. The lowest BCUT2D eigenvalue weighted by Crippen LogP contribution is -2.32. The number of ether oxygens (including phenoxy) is 1. The molecule has 0 atom stereocenters. The average Bonchev–Trinajstić information content (AvgIpc) is 3.02. The number of carbonyl (C=O) groups is 2. The van der Waals surface area contributed by atoms with Crippen LogP contribution in [-0.4, -0.2) is 18.4 Å².